The van der Waals surface area contributed by atoms with Crippen LogP contribution in [0.25, 0.3) is 17.1 Å². The molecule has 0 saturated carbocycles. The van der Waals surface area contributed by atoms with E-state index in [2.05, 4.69) is 9.97 Å². The molecule has 10 heteroatoms. The normalized spacial score (nSPS) is 17.6. The van der Waals surface area contributed by atoms with Gasteiger partial charge in [-0.1, -0.05) is 0 Å². The zero-order chi connectivity index (χ0) is 23.7. The van der Waals surface area contributed by atoms with Gasteiger partial charge in [0.25, 0.3) is 0 Å². The van der Waals surface area contributed by atoms with Gasteiger partial charge in [-0.3, -0.25) is 14.7 Å². The van der Waals surface area contributed by atoms with Crippen LogP contribution >= 0.6 is 0 Å². The Kier molecular flexibility index (Phi) is 5.62. The van der Waals surface area contributed by atoms with Gasteiger partial charge in [-0.15, -0.1) is 0 Å². The molecule has 34 heavy (non-hydrogen) atoms. The lowest BCUT2D eigenvalue weighted by atomic mass is 10.0. The minimum absolute atomic E-state index is 0.149. The predicted molar refractivity (Wildman–Crippen MR) is 123 cm³/mol. The van der Waals surface area contributed by atoms with E-state index in [1.807, 2.05) is 0 Å². The molecule has 2 amide bonds. The second kappa shape index (κ2) is 8.89. The van der Waals surface area contributed by atoms with Crippen molar-refractivity contribution in [2.45, 2.75) is 12.5 Å². The number of hydrogen-bond donors (Lipinski definition) is 1. The van der Waals surface area contributed by atoms with E-state index in [0.717, 1.165) is 0 Å². The van der Waals surface area contributed by atoms with Crippen LogP contribution in [0.15, 0.2) is 48.2 Å². The van der Waals surface area contributed by atoms with Crippen LogP contribution in [0.4, 0.5) is 10.5 Å². The Morgan fingerprint density at radius 2 is 2.03 bits per heavy atom. The number of pyridine rings is 2. The summed E-state index contributed by atoms with van der Waals surface area (Å²) in [6, 6.07) is 10.5. The van der Waals surface area contributed by atoms with E-state index in [-0.39, 0.29) is 13.0 Å². The third-order valence-corrected chi connectivity index (χ3v) is 5.60. The molecule has 0 bridgehead atoms. The summed E-state index contributed by atoms with van der Waals surface area (Å²) < 4.78 is 21.9. The molecule has 0 spiro atoms. The Balaban J connectivity index is 1.39. The van der Waals surface area contributed by atoms with Crippen molar-refractivity contribution in [1.82, 2.24) is 9.97 Å². The standard InChI is InChI=1S/C24H22N4O6/c1-31-21-5-3-18-22(27-21)14(6-7-26-18)10-15(23(25)29)11-17-13-28(24(30)34-17)16-2-4-19-20(12-16)33-9-8-32-19/h2-7,10,12,17H,8-9,11,13H2,1H3,(H2,25,29)/b15-10+/t17-/m1/s1. The van der Waals surface area contributed by atoms with Crippen molar-refractivity contribution in [3.63, 3.8) is 0 Å². The molecule has 2 N–H and O–H groups in total. The fourth-order valence-corrected chi connectivity index (χ4v) is 3.96. The van der Waals surface area contributed by atoms with E-state index in [1.54, 1.807) is 48.7 Å². The first-order chi connectivity index (χ1) is 16.5. The Morgan fingerprint density at radius 3 is 2.82 bits per heavy atom. The van der Waals surface area contributed by atoms with Gasteiger partial charge in [0, 0.05) is 35.9 Å². The first-order valence-corrected chi connectivity index (χ1v) is 10.7. The molecule has 1 aromatic carbocycles. The third kappa shape index (κ3) is 4.17. The average molecular weight is 462 g/mol. The van der Waals surface area contributed by atoms with E-state index >= 15 is 0 Å². The summed E-state index contributed by atoms with van der Waals surface area (Å²) in [5, 5.41) is 0. The number of nitrogens with zero attached hydrogens (tertiary/aromatic N) is 3. The molecule has 0 radical (unpaired) electrons. The van der Waals surface area contributed by atoms with Crippen LogP contribution in [-0.4, -0.2) is 54.9 Å². The van der Waals surface area contributed by atoms with Gasteiger partial charge in [-0.25, -0.2) is 9.78 Å². The predicted octanol–water partition coefficient (Wildman–Crippen LogP) is 2.69. The number of anilines is 1. The number of carbonyl (C=O) groups is 2. The van der Waals surface area contributed by atoms with Crippen LogP contribution in [-0.2, 0) is 9.53 Å². The number of benzene rings is 1. The molecule has 174 valence electrons. The highest BCUT2D eigenvalue weighted by Gasteiger charge is 2.34. The van der Waals surface area contributed by atoms with Crippen molar-refractivity contribution < 1.29 is 28.5 Å². The maximum absolute atomic E-state index is 12.6. The van der Waals surface area contributed by atoms with Crippen molar-refractivity contribution in [2.24, 2.45) is 5.73 Å². The maximum atomic E-state index is 12.6. The number of ether oxygens (including phenoxy) is 4. The zero-order valence-electron chi connectivity index (χ0n) is 18.4. The van der Waals surface area contributed by atoms with Crippen LogP contribution < -0.4 is 24.8 Å². The number of amides is 2. The summed E-state index contributed by atoms with van der Waals surface area (Å²) >= 11 is 0. The van der Waals surface area contributed by atoms with Crippen molar-refractivity contribution >= 4 is 34.8 Å². The Morgan fingerprint density at radius 1 is 1.21 bits per heavy atom. The lowest BCUT2D eigenvalue weighted by Crippen LogP contribution is -2.26. The summed E-state index contributed by atoms with van der Waals surface area (Å²) in [6.07, 6.45) is 2.36. The van der Waals surface area contributed by atoms with Crippen molar-refractivity contribution in [2.75, 3.05) is 31.8 Å². The zero-order valence-corrected chi connectivity index (χ0v) is 18.4. The molecule has 3 aromatic rings. The molecule has 0 unspecified atom stereocenters. The van der Waals surface area contributed by atoms with E-state index < -0.39 is 18.1 Å². The molecule has 1 fully saturated rings. The lowest BCUT2D eigenvalue weighted by Gasteiger charge is -2.21. The monoisotopic (exact) mass is 462 g/mol. The molecule has 5 rings (SSSR count). The van der Waals surface area contributed by atoms with Crippen LogP contribution in [0.2, 0.25) is 0 Å². The number of rotatable bonds is 6. The summed E-state index contributed by atoms with van der Waals surface area (Å²) in [7, 11) is 1.52. The number of aromatic nitrogens is 2. The lowest BCUT2D eigenvalue weighted by molar-refractivity contribution is -0.114. The van der Waals surface area contributed by atoms with Gasteiger partial charge < -0.3 is 24.7 Å². The van der Waals surface area contributed by atoms with Crippen LogP contribution in [0, 0.1) is 0 Å². The molecule has 2 aliphatic rings. The van der Waals surface area contributed by atoms with Crippen LogP contribution in [0.1, 0.15) is 12.0 Å². The fraction of sp³-hybridized carbons (Fsp3) is 0.250. The summed E-state index contributed by atoms with van der Waals surface area (Å²) in [4.78, 5) is 35.1. The fourth-order valence-electron chi connectivity index (χ4n) is 3.96. The van der Waals surface area contributed by atoms with E-state index in [0.29, 0.717) is 58.5 Å². The average Bonchev–Trinajstić information content (AvgIpc) is 3.23. The van der Waals surface area contributed by atoms with Gasteiger partial charge in [0.1, 0.15) is 19.3 Å². The van der Waals surface area contributed by atoms with Crippen molar-refractivity contribution in [3.05, 3.63) is 53.7 Å². The smallest absolute Gasteiger partial charge is 0.414 e. The topological polar surface area (TPSA) is 126 Å². The molecule has 4 heterocycles. The first kappa shape index (κ1) is 21.5. The van der Waals surface area contributed by atoms with Crippen molar-refractivity contribution in [3.8, 4) is 17.4 Å². The van der Waals surface area contributed by atoms with E-state index in [1.165, 1.54) is 12.0 Å². The number of fused-ring (bicyclic) bond motifs is 2. The molecular formula is C24H22N4O6. The number of primary amides is 1. The Bertz CT molecular complexity index is 1310. The quantitative estimate of drug-likeness (QED) is 0.554. The minimum Gasteiger partial charge on any atom is -0.486 e. The van der Waals surface area contributed by atoms with E-state index in [4.69, 9.17) is 24.7 Å². The maximum Gasteiger partial charge on any atom is 0.414 e. The SMILES string of the molecule is COc1ccc2nccc(/C=C(\C[C@@H]3CN(c4ccc5c(c4)OCCO5)C(=O)O3)C(N)=O)c2n1. The number of cyclic esters (lactones) is 1. The second-order valence-corrected chi connectivity index (χ2v) is 7.80. The largest absolute Gasteiger partial charge is 0.486 e. The molecular weight excluding hydrogens is 440 g/mol. The molecule has 1 atom stereocenters. The first-order valence-electron chi connectivity index (χ1n) is 10.7. The van der Waals surface area contributed by atoms with Gasteiger partial charge in [-0.05, 0) is 30.3 Å². The molecule has 10 nitrogen and oxygen atoms in total. The number of carbonyl (C=O) groups excluding carboxylic acids is 2. The Hall–Kier alpha value is -4.34. The van der Waals surface area contributed by atoms with Gasteiger partial charge in [0.2, 0.25) is 11.8 Å². The summed E-state index contributed by atoms with van der Waals surface area (Å²) in [6.45, 7) is 1.18. The number of methoxy groups -OCH3 is 1. The highest BCUT2D eigenvalue weighted by Crippen LogP contribution is 2.35. The molecule has 2 aliphatic heterocycles. The van der Waals surface area contributed by atoms with Gasteiger partial charge in [-0.2, -0.15) is 0 Å². The highest BCUT2D eigenvalue weighted by atomic mass is 16.6. The molecule has 2 aromatic heterocycles. The third-order valence-electron chi connectivity index (χ3n) is 5.60. The number of hydrogen-bond acceptors (Lipinski definition) is 8. The Labute approximate surface area is 194 Å². The van der Waals surface area contributed by atoms with E-state index in [9.17, 15) is 9.59 Å². The van der Waals surface area contributed by atoms with Gasteiger partial charge in [0.05, 0.1) is 30.4 Å². The van der Waals surface area contributed by atoms with Gasteiger partial charge >= 0.3 is 6.09 Å². The molecule has 1 saturated heterocycles. The number of nitrogens with two attached hydrogens (primary N) is 1. The summed E-state index contributed by atoms with van der Waals surface area (Å²) in [5.41, 5.74) is 8.47. The van der Waals surface area contributed by atoms with Crippen molar-refractivity contribution in [1.29, 1.82) is 0 Å². The summed E-state index contributed by atoms with van der Waals surface area (Å²) in [5.74, 6) is 1.02. The molecule has 0 aliphatic carbocycles. The van der Waals surface area contributed by atoms with Crippen LogP contribution in [0.3, 0.4) is 0 Å². The highest BCUT2D eigenvalue weighted by molar-refractivity contribution is 5.99. The van der Waals surface area contributed by atoms with Crippen LogP contribution in [0.5, 0.6) is 17.4 Å². The second-order valence-electron chi connectivity index (χ2n) is 7.80. The van der Waals surface area contributed by atoms with Gasteiger partial charge in [0.15, 0.2) is 11.5 Å². The minimum atomic E-state index is -0.610.